The minimum Gasteiger partial charge on any atom is -0.354 e. The van der Waals surface area contributed by atoms with Gasteiger partial charge in [0.05, 0.1) is 16.7 Å². The van der Waals surface area contributed by atoms with Gasteiger partial charge in [0, 0.05) is 34.4 Å². The van der Waals surface area contributed by atoms with Crippen LogP contribution in [0.4, 0.5) is 4.39 Å². The fraction of sp³-hybridized carbons (Fsp3) is 0. The maximum atomic E-state index is 13.6. The summed E-state index contributed by atoms with van der Waals surface area (Å²) in [5.74, 6) is 0.570. The summed E-state index contributed by atoms with van der Waals surface area (Å²) in [6.07, 6.45) is 3.56. The number of hydrogen-bond acceptors (Lipinski definition) is 2. The molecule has 6 aromatic rings. The van der Waals surface area contributed by atoms with Gasteiger partial charge in [0.15, 0.2) is 0 Å². The van der Waals surface area contributed by atoms with Crippen LogP contribution in [0.3, 0.4) is 0 Å². The van der Waals surface area contributed by atoms with Crippen molar-refractivity contribution in [2.75, 3.05) is 0 Å². The van der Waals surface area contributed by atoms with E-state index in [0.29, 0.717) is 0 Å². The Bertz CT molecular complexity index is 1510. The third-order valence-corrected chi connectivity index (χ3v) is 5.56. The molecule has 31 heavy (non-hydrogen) atoms. The number of aromatic amines is 2. The van der Waals surface area contributed by atoms with Gasteiger partial charge in [-0.05, 0) is 59.7 Å². The van der Waals surface area contributed by atoms with E-state index in [1.54, 1.807) is 24.5 Å². The van der Waals surface area contributed by atoms with E-state index in [4.69, 9.17) is 4.98 Å². The van der Waals surface area contributed by atoms with E-state index in [1.807, 2.05) is 48.5 Å². The van der Waals surface area contributed by atoms with Crippen LogP contribution in [0.2, 0.25) is 0 Å². The second-order valence-corrected chi connectivity index (χ2v) is 7.45. The van der Waals surface area contributed by atoms with E-state index < -0.39 is 0 Å². The molecule has 3 heterocycles. The Morgan fingerprint density at radius 2 is 1.39 bits per heavy atom. The zero-order valence-corrected chi connectivity index (χ0v) is 16.4. The number of fused-ring (bicyclic) bond motifs is 3. The van der Waals surface area contributed by atoms with Crippen LogP contribution in [0.25, 0.3) is 55.7 Å². The predicted molar refractivity (Wildman–Crippen MR) is 122 cm³/mol. The lowest BCUT2D eigenvalue weighted by atomic mass is 9.98. The Morgan fingerprint density at radius 1 is 0.645 bits per heavy atom. The highest BCUT2D eigenvalue weighted by atomic mass is 19.1. The summed E-state index contributed by atoms with van der Waals surface area (Å²) >= 11 is 0. The standard InChI is InChI=1S/C26H17FN4/c27-19-8-6-17(7-9-19)24-22(16-12-14-28-15-13-16)23-20(29-24)10-11-21-25(23)31-26(30-21)18-4-2-1-3-5-18/h1-15,29H,(H,30,31). The Balaban J connectivity index is 1.69. The Labute approximate surface area is 177 Å². The zero-order chi connectivity index (χ0) is 20.8. The van der Waals surface area contributed by atoms with Gasteiger partial charge < -0.3 is 9.97 Å². The molecule has 3 aromatic carbocycles. The molecule has 0 radical (unpaired) electrons. The van der Waals surface area contributed by atoms with Crippen molar-refractivity contribution < 1.29 is 4.39 Å². The SMILES string of the molecule is Fc1ccc(-c2[nH]c3ccc4[nH]c(-c5ccccc5)nc4c3c2-c2ccncc2)cc1. The molecule has 0 aliphatic carbocycles. The molecule has 2 N–H and O–H groups in total. The summed E-state index contributed by atoms with van der Waals surface area (Å²) in [6, 6.07) is 24.7. The van der Waals surface area contributed by atoms with Crippen molar-refractivity contribution in [1.29, 1.82) is 0 Å². The first kappa shape index (κ1) is 17.6. The van der Waals surface area contributed by atoms with Crippen LogP contribution in [-0.4, -0.2) is 19.9 Å². The topological polar surface area (TPSA) is 57.4 Å². The normalized spacial score (nSPS) is 11.4. The van der Waals surface area contributed by atoms with Crippen LogP contribution in [0.5, 0.6) is 0 Å². The molecule has 148 valence electrons. The molecule has 0 unspecified atom stereocenters. The van der Waals surface area contributed by atoms with Crippen molar-refractivity contribution in [1.82, 2.24) is 19.9 Å². The Kier molecular flexibility index (Phi) is 3.93. The summed E-state index contributed by atoms with van der Waals surface area (Å²) < 4.78 is 13.6. The Morgan fingerprint density at radius 3 is 2.16 bits per heavy atom. The number of nitrogens with one attached hydrogen (secondary N) is 2. The molecule has 3 aromatic heterocycles. The largest absolute Gasteiger partial charge is 0.354 e. The summed E-state index contributed by atoms with van der Waals surface area (Å²) in [4.78, 5) is 16.1. The highest BCUT2D eigenvalue weighted by molar-refractivity contribution is 6.15. The number of pyridine rings is 1. The lowest BCUT2D eigenvalue weighted by Gasteiger charge is -2.06. The number of H-pyrrole nitrogens is 2. The molecule has 0 saturated carbocycles. The lowest BCUT2D eigenvalue weighted by molar-refractivity contribution is 0.628. The van der Waals surface area contributed by atoms with Gasteiger partial charge in [-0.25, -0.2) is 9.37 Å². The van der Waals surface area contributed by atoms with Gasteiger partial charge >= 0.3 is 0 Å². The summed E-state index contributed by atoms with van der Waals surface area (Å²) in [5.41, 5.74) is 7.77. The highest BCUT2D eigenvalue weighted by Gasteiger charge is 2.19. The second-order valence-electron chi connectivity index (χ2n) is 7.45. The van der Waals surface area contributed by atoms with Crippen molar-refractivity contribution in [2.24, 2.45) is 0 Å². The van der Waals surface area contributed by atoms with Gasteiger partial charge in [-0.1, -0.05) is 30.3 Å². The average molecular weight is 404 g/mol. The second kappa shape index (κ2) is 6.92. The minimum atomic E-state index is -0.257. The van der Waals surface area contributed by atoms with E-state index in [2.05, 4.69) is 21.0 Å². The molecule has 0 fully saturated rings. The van der Waals surface area contributed by atoms with Crippen molar-refractivity contribution in [3.8, 4) is 33.8 Å². The van der Waals surface area contributed by atoms with Gasteiger partial charge in [-0.15, -0.1) is 0 Å². The van der Waals surface area contributed by atoms with Crippen LogP contribution >= 0.6 is 0 Å². The number of nitrogens with zero attached hydrogens (tertiary/aromatic N) is 2. The number of aromatic nitrogens is 4. The molecular weight excluding hydrogens is 387 g/mol. The van der Waals surface area contributed by atoms with Crippen molar-refractivity contribution in [3.05, 3.63) is 97.1 Å². The third-order valence-electron chi connectivity index (χ3n) is 5.56. The number of hydrogen-bond donors (Lipinski definition) is 2. The van der Waals surface area contributed by atoms with Crippen LogP contribution < -0.4 is 0 Å². The fourth-order valence-corrected chi connectivity index (χ4v) is 4.13. The molecule has 0 spiro atoms. The van der Waals surface area contributed by atoms with Gasteiger partial charge in [0.2, 0.25) is 0 Å². The smallest absolute Gasteiger partial charge is 0.138 e. The Hall–Kier alpha value is -4.25. The third kappa shape index (κ3) is 2.90. The average Bonchev–Trinajstić information content (AvgIpc) is 3.42. The van der Waals surface area contributed by atoms with Gasteiger partial charge in [-0.3, -0.25) is 4.98 Å². The van der Waals surface area contributed by atoms with Gasteiger partial charge in [-0.2, -0.15) is 0 Å². The number of rotatable bonds is 3. The first-order valence-electron chi connectivity index (χ1n) is 10.0. The van der Waals surface area contributed by atoms with E-state index in [0.717, 1.165) is 55.7 Å². The number of imidazole rings is 1. The molecule has 0 saturated heterocycles. The van der Waals surface area contributed by atoms with Crippen LogP contribution in [0.15, 0.2) is 91.3 Å². The maximum Gasteiger partial charge on any atom is 0.138 e. The number of benzene rings is 3. The molecule has 6 rings (SSSR count). The molecule has 0 aliphatic rings. The molecule has 0 bridgehead atoms. The molecule has 0 atom stereocenters. The first-order valence-corrected chi connectivity index (χ1v) is 10.0. The molecular formula is C26H17FN4. The van der Waals surface area contributed by atoms with E-state index in [1.165, 1.54) is 12.1 Å². The maximum absolute atomic E-state index is 13.6. The van der Waals surface area contributed by atoms with Crippen LogP contribution in [0, 0.1) is 5.82 Å². The van der Waals surface area contributed by atoms with Crippen LogP contribution in [-0.2, 0) is 0 Å². The summed E-state index contributed by atoms with van der Waals surface area (Å²) in [6.45, 7) is 0. The molecule has 0 amide bonds. The predicted octanol–water partition coefficient (Wildman–Crippen LogP) is 6.58. The lowest BCUT2D eigenvalue weighted by Crippen LogP contribution is -1.84. The van der Waals surface area contributed by atoms with Gasteiger partial charge in [0.1, 0.15) is 11.6 Å². The van der Waals surface area contributed by atoms with E-state index in [-0.39, 0.29) is 5.82 Å². The van der Waals surface area contributed by atoms with Crippen molar-refractivity contribution in [3.63, 3.8) is 0 Å². The summed E-state index contributed by atoms with van der Waals surface area (Å²) in [5, 5.41) is 1.03. The van der Waals surface area contributed by atoms with E-state index >= 15 is 0 Å². The molecule has 5 heteroatoms. The zero-order valence-electron chi connectivity index (χ0n) is 16.4. The summed E-state index contributed by atoms with van der Waals surface area (Å²) in [7, 11) is 0. The fourth-order valence-electron chi connectivity index (χ4n) is 4.13. The van der Waals surface area contributed by atoms with E-state index in [9.17, 15) is 4.39 Å². The quantitative estimate of drug-likeness (QED) is 0.350. The van der Waals surface area contributed by atoms with Gasteiger partial charge in [0.25, 0.3) is 0 Å². The van der Waals surface area contributed by atoms with Crippen LogP contribution in [0.1, 0.15) is 0 Å². The van der Waals surface area contributed by atoms with Crippen molar-refractivity contribution >= 4 is 21.9 Å². The number of halogens is 1. The van der Waals surface area contributed by atoms with Crippen molar-refractivity contribution in [2.45, 2.75) is 0 Å². The highest BCUT2D eigenvalue weighted by Crippen LogP contribution is 2.41. The molecule has 0 aliphatic heterocycles. The first-order chi connectivity index (χ1) is 15.3. The minimum absolute atomic E-state index is 0.257. The monoisotopic (exact) mass is 404 g/mol. The molecule has 4 nitrogen and oxygen atoms in total.